The van der Waals surface area contributed by atoms with E-state index < -0.39 is 11.1 Å². The number of pyridine rings is 2. The van der Waals surface area contributed by atoms with Crippen molar-refractivity contribution in [1.29, 1.82) is 0 Å². The van der Waals surface area contributed by atoms with Crippen molar-refractivity contribution in [2.45, 2.75) is 108 Å². The van der Waals surface area contributed by atoms with Gasteiger partial charge in [0.1, 0.15) is 23.7 Å². The van der Waals surface area contributed by atoms with Crippen LogP contribution in [0.3, 0.4) is 0 Å². The predicted molar refractivity (Wildman–Crippen MR) is 239 cm³/mol. The van der Waals surface area contributed by atoms with Crippen LogP contribution in [0.5, 0.6) is 0 Å². The van der Waals surface area contributed by atoms with Crippen LogP contribution in [0.1, 0.15) is 81.8 Å². The van der Waals surface area contributed by atoms with E-state index in [4.69, 9.17) is 19.9 Å². The Labute approximate surface area is 371 Å². The molecule has 0 spiro atoms. The van der Waals surface area contributed by atoms with Gasteiger partial charge in [-0.1, -0.05) is 0 Å². The van der Waals surface area contributed by atoms with E-state index in [1.54, 1.807) is 19.8 Å². The molecule has 3 N–H and O–H groups in total. The molecule has 19 nitrogen and oxygen atoms in total. The van der Waals surface area contributed by atoms with E-state index in [0.29, 0.717) is 58.5 Å². The normalized spacial score (nSPS) is 30.9. The maximum Gasteiger partial charge on any atom is 0.330 e. The molecular weight excluding hydrogens is 825 g/mol. The van der Waals surface area contributed by atoms with Crippen LogP contribution in [0, 0.1) is 48.9 Å². The van der Waals surface area contributed by atoms with Crippen molar-refractivity contribution in [2.75, 3.05) is 10.6 Å². The summed E-state index contributed by atoms with van der Waals surface area (Å²) >= 11 is 0. The molecule has 8 fully saturated rings. The number of aliphatic hydroxyl groups excluding tert-OH is 1. The molecule has 65 heavy (non-hydrogen) atoms. The first-order chi connectivity index (χ1) is 31.5. The molecule has 8 heterocycles. The van der Waals surface area contributed by atoms with Gasteiger partial charge in [-0.2, -0.15) is 20.2 Å². The minimum atomic E-state index is -0.465. The minimum Gasteiger partial charge on any atom is -0.393 e. The summed E-state index contributed by atoms with van der Waals surface area (Å²) in [7, 11) is 1.82. The Morgan fingerprint density at radius 2 is 1.28 bits per heavy atom. The number of hydrogen-bond donors (Lipinski definition) is 3. The van der Waals surface area contributed by atoms with E-state index in [1.807, 2.05) is 65.3 Å². The van der Waals surface area contributed by atoms with Crippen LogP contribution in [0.4, 0.5) is 23.3 Å². The number of hydrogen-bond acceptors (Lipinski definition) is 13. The molecule has 0 saturated heterocycles. The molecule has 8 bridgehead atoms. The second-order valence-corrected chi connectivity index (χ2v) is 20.9. The molecular formula is C46H50N16O3. The van der Waals surface area contributed by atoms with Crippen LogP contribution in [-0.2, 0) is 24.7 Å². The molecule has 0 amide bonds. The molecule has 8 aliphatic rings. The lowest BCUT2D eigenvalue weighted by molar-refractivity contribution is -0.127. The van der Waals surface area contributed by atoms with Gasteiger partial charge in [0.2, 0.25) is 11.9 Å². The first-order valence-corrected chi connectivity index (χ1v) is 23.2. The zero-order valence-corrected chi connectivity index (χ0v) is 36.6. The summed E-state index contributed by atoms with van der Waals surface area (Å²) in [4.78, 5) is 58.6. The van der Waals surface area contributed by atoms with E-state index >= 15 is 4.79 Å². The third-order valence-electron chi connectivity index (χ3n) is 17.4. The SMILES string of the molecule is Cc1cc2ncnn2cc1Nc1ncc2c(n1)n(C13CC4CC(C1)C(O)C(C4)C3)c(=O)n2CCC12CC3CC(C1)CC2(n1c(=O)n(C)c2cnc(Nc4cn5ncnc5cc4C)nc21)C3. The minimum absolute atomic E-state index is 0.0589. The van der Waals surface area contributed by atoms with Gasteiger partial charge in [0.15, 0.2) is 22.6 Å². The fourth-order valence-corrected chi connectivity index (χ4v) is 15.1. The molecule has 0 radical (unpaired) electrons. The van der Waals surface area contributed by atoms with E-state index in [1.165, 1.54) is 19.1 Å². The molecule has 8 aromatic rings. The number of nitrogens with one attached hydrogen (secondary N) is 2. The quantitative estimate of drug-likeness (QED) is 0.172. The second kappa shape index (κ2) is 12.9. The number of nitrogens with zero attached hydrogens (tertiary/aromatic N) is 14. The zero-order chi connectivity index (χ0) is 43.7. The van der Waals surface area contributed by atoms with Crippen LogP contribution in [0.25, 0.3) is 33.6 Å². The number of anilines is 4. The van der Waals surface area contributed by atoms with Gasteiger partial charge in [0.05, 0.1) is 53.3 Å². The largest absolute Gasteiger partial charge is 0.393 e. The van der Waals surface area contributed by atoms with E-state index in [9.17, 15) is 9.90 Å². The first-order valence-electron chi connectivity index (χ1n) is 23.2. The maximum atomic E-state index is 15.4. The lowest BCUT2D eigenvalue weighted by atomic mass is 9.51. The highest BCUT2D eigenvalue weighted by Gasteiger charge is 2.68. The highest BCUT2D eigenvalue weighted by Crippen LogP contribution is 2.72. The fourth-order valence-electron chi connectivity index (χ4n) is 15.1. The third-order valence-corrected chi connectivity index (χ3v) is 17.4. The van der Waals surface area contributed by atoms with Crippen molar-refractivity contribution < 1.29 is 5.11 Å². The van der Waals surface area contributed by atoms with Crippen molar-refractivity contribution in [3.8, 4) is 0 Å². The van der Waals surface area contributed by atoms with Crippen molar-refractivity contribution in [3.63, 3.8) is 0 Å². The summed E-state index contributed by atoms with van der Waals surface area (Å²) in [5, 5.41) is 26.8. The third kappa shape index (κ3) is 5.15. The Bertz CT molecular complexity index is 3420. The molecule has 16 rings (SSSR count). The zero-order valence-electron chi connectivity index (χ0n) is 36.6. The monoisotopic (exact) mass is 874 g/mol. The highest BCUT2D eigenvalue weighted by molar-refractivity contribution is 5.75. The standard InChI is InChI=1S/C46H50N16O3/c1-24-6-35-49-22-51-59(35)20-31(24)53-40-47-18-33-38(55-40)62(42(64)57(33)3)46-14-27-8-28(15-46)12-44(46,11-27)4-5-58-34-19-48-41(54-32-21-60-36(7-25(32)2)50-23-52-60)56-39(34)61(43(58)65)45-13-26-9-29(16-45)37(63)30(10-26)17-45/h6-7,18-23,26-30,37,63H,4-5,8-17H2,1-3H3,(H,47,53,55)(H,48,54,56). The molecule has 19 heteroatoms. The van der Waals surface area contributed by atoms with Crippen molar-refractivity contribution >= 4 is 56.9 Å². The second-order valence-electron chi connectivity index (χ2n) is 20.9. The Morgan fingerprint density at radius 3 is 1.89 bits per heavy atom. The molecule has 8 aliphatic carbocycles. The number of aromatic nitrogens is 14. The van der Waals surface area contributed by atoms with Gasteiger partial charge >= 0.3 is 11.4 Å². The van der Waals surface area contributed by atoms with Crippen LogP contribution in [0.15, 0.2) is 59.2 Å². The summed E-state index contributed by atoms with van der Waals surface area (Å²) in [6.45, 7) is 4.49. The number of aryl methyl sites for hydroxylation is 4. The summed E-state index contributed by atoms with van der Waals surface area (Å²) in [5.74, 6) is 2.59. The van der Waals surface area contributed by atoms with Crippen LogP contribution >= 0.6 is 0 Å². The summed E-state index contributed by atoms with van der Waals surface area (Å²) < 4.78 is 11.1. The average molecular weight is 875 g/mol. The van der Waals surface area contributed by atoms with Crippen molar-refractivity contribution in [1.82, 2.24) is 67.4 Å². The summed E-state index contributed by atoms with van der Waals surface area (Å²) in [6.07, 6.45) is 20.2. The Hall–Kier alpha value is -6.50. The number of fused-ring (bicyclic) bond motifs is 4. The number of imidazole rings is 2. The van der Waals surface area contributed by atoms with Gasteiger partial charge in [0, 0.05) is 13.6 Å². The lowest BCUT2D eigenvalue weighted by Crippen LogP contribution is -2.59. The van der Waals surface area contributed by atoms with E-state index in [2.05, 4.69) is 30.8 Å². The van der Waals surface area contributed by atoms with Gasteiger partial charge in [-0.15, -0.1) is 0 Å². The molecule has 0 aromatic carbocycles. The molecule has 8 saturated carbocycles. The average Bonchev–Trinajstić information content (AvgIpc) is 4.11. The first kappa shape index (κ1) is 37.8. The van der Waals surface area contributed by atoms with E-state index in [0.717, 1.165) is 98.0 Å². The van der Waals surface area contributed by atoms with Crippen LogP contribution in [0.2, 0.25) is 0 Å². The molecule has 4 unspecified atom stereocenters. The lowest BCUT2D eigenvalue weighted by Gasteiger charge is -2.58. The van der Waals surface area contributed by atoms with Crippen molar-refractivity contribution in [2.24, 2.45) is 42.1 Å². The van der Waals surface area contributed by atoms with Gasteiger partial charge in [-0.25, -0.2) is 38.6 Å². The molecule has 8 aromatic heterocycles. The van der Waals surface area contributed by atoms with Gasteiger partial charge in [-0.3, -0.25) is 18.3 Å². The number of rotatable bonds is 9. The van der Waals surface area contributed by atoms with Gasteiger partial charge in [0.25, 0.3) is 0 Å². The molecule has 4 atom stereocenters. The number of aliphatic hydroxyl groups is 1. The maximum absolute atomic E-state index is 15.4. The van der Waals surface area contributed by atoms with Gasteiger partial charge < -0.3 is 15.7 Å². The fraction of sp³-hybridized carbons (Fsp3) is 0.522. The Balaban J connectivity index is 0.862. The molecule has 0 aliphatic heterocycles. The summed E-state index contributed by atoms with van der Waals surface area (Å²) in [6, 6.07) is 3.93. The van der Waals surface area contributed by atoms with Crippen LogP contribution in [-0.4, -0.2) is 78.6 Å². The van der Waals surface area contributed by atoms with Gasteiger partial charge in [-0.05, 0) is 143 Å². The van der Waals surface area contributed by atoms with Crippen LogP contribution < -0.4 is 22.0 Å². The predicted octanol–water partition coefficient (Wildman–Crippen LogP) is 5.12. The Morgan fingerprint density at radius 1 is 0.692 bits per heavy atom. The summed E-state index contributed by atoms with van der Waals surface area (Å²) in [5.41, 5.74) is 6.44. The van der Waals surface area contributed by atoms with E-state index in [-0.39, 0.29) is 34.7 Å². The molecule has 332 valence electrons. The Kier molecular flexibility index (Phi) is 7.48. The smallest absolute Gasteiger partial charge is 0.330 e. The topological polar surface area (TPSA) is 210 Å². The highest BCUT2D eigenvalue weighted by atomic mass is 16.3. The van der Waals surface area contributed by atoms with Crippen molar-refractivity contribution in [3.05, 3.63) is 81.7 Å².